The zero-order chi connectivity index (χ0) is 19.6. The lowest BCUT2D eigenvalue weighted by Crippen LogP contribution is -2.18. The lowest BCUT2D eigenvalue weighted by Gasteiger charge is -2.07. The standard InChI is InChI=1S/C17H15ClN2O6S/c1-2-10-9-13(21)26-16-14(10)15(22)19-17(20-16)25-7-8-27(23,24)12-5-3-11(18)4-6-12/h3-6,9H,2,7-8H2,1H3,(H,19,20,22). The van der Waals surface area contributed by atoms with Crippen LogP contribution in [0.1, 0.15) is 12.5 Å². The summed E-state index contributed by atoms with van der Waals surface area (Å²) < 4.78 is 34.7. The summed E-state index contributed by atoms with van der Waals surface area (Å²) in [7, 11) is -3.59. The molecule has 142 valence electrons. The Balaban J connectivity index is 1.80. The maximum atomic E-state index is 12.3. The highest BCUT2D eigenvalue weighted by Crippen LogP contribution is 2.16. The van der Waals surface area contributed by atoms with E-state index in [0.717, 1.165) is 0 Å². The van der Waals surface area contributed by atoms with E-state index in [0.29, 0.717) is 17.0 Å². The summed E-state index contributed by atoms with van der Waals surface area (Å²) in [4.78, 5) is 30.3. The first-order chi connectivity index (χ1) is 12.8. The largest absolute Gasteiger partial charge is 0.464 e. The zero-order valence-electron chi connectivity index (χ0n) is 14.2. The Kier molecular flexibility index (Phi) is 5.33. The molecule has 2 heterocycles. The van der Waals surface area contributed by atoms with Crippen LogP contribution in [0.15, 0.2) is 49.2 Å². The van der Waals surface area contributed by atoms with Gasteiger partial charge in [-0.25, -0.2) is 13.2 Å². The van der Waals surface area contributed by atoms with Crippen LogP contribution in [-0.2, 0) is 16.3 Å². The van der Waals surface area contributed by atoms with E-state index >= 15 is 0 Å². The van der Waals surface area contributed by atoms with Gasteiger partial charge in [-0.15, -0.1) is 0 Å². The third-order valence-corrected chi connectivity index (χ3v) is 5.77. The molecule has 0 fully saturated rings. The maximum Gasteiger partial charge on any atom is 0.337 e. The molecule has 0 bridgehead atoms. The molecule has 0 saturated carbocycles. The van der Waals surface area contributed by atoms with Gasteiger partial charge in [-0.3, -0.25) is 9.78 Å². The average molecular weight is 411 g/mol. The summed E-state index contributed by atoms with van der Waals surface area (Å²) in [5.41, 5.74) is -0.810. The molecule has 0 unspecified atom stereocenters. The van der Waals surface area contributed by atoms with E-state index in [1.54, 1.807) is 6.92 Å². The van der Waals surface area contributed by atoms with Crippen LogP contribution in [0, 0.1) is 0 Å². The Hall–Kier alpha value is -2.65. The van der Waals surface area contributed by atoms with Gasteiger partial charge in [0.1, 0.15) is 12.0 Å². The number of benzene rings is 1. The molecule has 8 nitrogen and oxygen atoms in total. The van der Waals surface area contributed by atoms with Crippen molar-refractivity contribution in [2.24, 2.45) is 0 Å². The number of halogens is 1. The van der Waals surface area contributed by atoms with Crippen LogP contribution < -0.4 is 15.9 Å². The van der Waals surface area contributed by atoms with Crippen LogP contribution in [0.5, 0.6) is 6.01 Å². The van der Waals surface area contributed by atoms with Crippen LogP contribution in [0.2, 0.25) is 5.02 Å². The third kappa shape index (κ3) is 4.20. The Morgan fingerprint density at radius 3 is 2.59 bits per heavy atom. The van der Waals surface area contributed by atoms with E-state index in [-0.39, 0.29) is 34.4 Å². The minimum Gasteiger partial charge on any atom is -0.464 e. The van der Waals surface area contributed by atoms with Crippen molar-refractivity contribution in [3.63, 3.8) is 0 Å². The maximum absolute atomic E-state index is 12.3. The van der Waals surface area contributed by atoms with Gasteiger partial charge in [0.25, 0.3) is 11.6 Å². The summed E-state index contributed by atoms with van der Waals surface area (Å²) in [5.74, 6) is -0.338. The molecule has 1 N–H and O–H groups in total. The van der Waals surface area contributed by atoms with E-state index in [4.69, 9.17) is 20.8 Å². The molecule has 0 aliphatic rings. The van der Waals surface area contributed by atoms with Crippen molar-refractivity contribution in [1.29, 1.82) is 0 Å². The van der Waals surface area contributed by atoms with Gasteiger partial charge in [-0.05, 0) is 36.2 Å². The van der Waals surface area contributed by atoms with Crippen LogP contribution in [0.4, 0.5) is 0 Å². The normalized spacial score (nSPS) is 11.6. The molecule has 0 radical (unpaired) electrons. The molecule has 2 aromatic heterocycles. The number of hydrogen-bond acceptors (Lipinski definition) is 7. The number of ether oxygens (including phenoxy) is 1. The minimum atomic E-state index is -3.59. The first-order valence-electron chi connectivity index (χ1n) is 7.98. The van der Waals surface area contributed by atoms with E-state index in [2.05, 4.69) is 9.97 Å². The predicted octanol–water partition coefficient (Wildman–Crippen LogP) is 1.94. The van der Waals surface area contributed by atoms with Crippen molar-refractivity contribution in [2.75, 3.05) is 12.4 Å². The van der Waals surface area contributed by atoms with Crippen molar-refractivity contribution < 1.29 is 17.6 Å². The number of nitrogens with zero attached hydrogens (tertiary/aromatic N) is 1. The number of rotatable bonds is 6. The molecule has 0 aliphatic heterocycles. The molecule has 27 heavy (non-hydrogen) atoms. The molecule has 0 saturated heterocycles. The topological polar surface area (TPSA) is 119 Å². The summed E-state index contributed by atoms with van der Waals surface area (Å²) in [5, 5.41) is 0.592. The van der Waals surface area contributed by atoms with Gasteiger partial charge in [0.15, 0.2) is 9.84 Å². The SMILES string of the molecule is CCc1cc(=O)oc2nc(OCCS(=O)(=O)c3ccc(Cl)cc3)[nH]c(=O)c12. The molecule has 3 aromatic rings. The fourth-order valence-corrected chi connectivity index (χ4v) is 3.70. The van der Waals surface area contributed by atoms with E-state index < -0.39 is 21.0 Å². The predicted molar refractivity (Wildman–Crippen MR) is 99.3 cm³/mol. The second-order valence-corrected chi connectivity index (χ2v) is 8.16. The van der Waals surface area contributed by atoms with Gasteiger partial charge in [0, 0.05) is 11.1 Å². The van der Waals surface area contributed by atoms with Crippen LogP contribution in [0.3, 0.4) is 0 Å². The van der Waals surface area contributed by atoms with E-state index in [9.17, 15) is 18.0 Å². The Morgan fingerprint density at radius 1 is 1.22 bits per heavy atom. The monoisotopic (exact) mass is 410 g/mol. The second-order valence-electron chi connectivity index (χ2n) is 5.62. The first-order valence-corrected chi connectivity index (χ1v) is 10.0. The lowest BCUT2D eigenvalue weighted by molar-refractivity contribution is 0.312. The molecule has 1 aromatic carbocycles. The molecule has 3 rings (SSSR count). The van der Waals surface area contributed by atoms with Gasteiger partial charge in [-0.1, -0.05) is 18.5 Å². The summed E-state index contributed by atoms with van der Waals surface area (Å²) >= 11 is 5.75. The number of aryl methyl sites for hydroxylation is 1. The molecule has 0 amide bonds. The van der Waals surface area contributed by atoms with Crippen LogP contribution in [0.25, 0.3) is 11.1 Å². The number of sulfone groups is 1. The molecule has 10 heteroatoms. The zero-order valence-corrected chi connectivity index (χ0v) is 15.8. The number of fused-ring (bicyclic) bond motifs is 1. The van der Waals surface area contributed by atoms with Crippen molar-refractivity contribution in [3.8, 4) is 6.01 Å². The second kappa shape index (κ2) is 7.53. The van der Waals surface area contributed by atoms with E-state index in [1.165, 1.54) is 30.3 Å². The summed E-state index contributed by atoms with van der Waals surface area (Å²) in [6, 6.07) is 6.76. The number of aromatic nitrogens is 2. The Morgan fingerprint density at radius 2 is 1.93 bits per heavy atom. The highest BCUT2D eigenvalue weighted by molar-refractivity contribution is 7.91. The Bertz CT molecular complexity index is 1200. The first kappa shape index (κ1) is 19.1. The molecule has 0 spiro atoms. The highest BCUT2D eigenvalue weighted by atomic mass is 35.5. The number of aromatic amines is 1. The van der Waals surface area contributed by atoms with Gasteiger partial charge >= 0.3 is 5.63 Å². The molecule has 0 atom stereocenters. The fraction of sp³-hybridized carbons (Fsp3) is 0.235. The van der Waals surface area contributed by atoms with Gasteiger partial charge in [0.2, 0.25) is 5.71 Å². The van der Waals surface area contributed by atoms with Crippen molar-refractivity contribution in [1.82, 2.24) is 9.97 Å². The summed E-state index contributed by atoms with van der Waals surface area (Å²) in [6.45, 7) is 1.54. The van der Waals surface area contributed by atoms with Crippen LogP contribution in [-0.4, -0.2) is 30.7 Å². The van der Waals surface area contributed by atoms with Gasteiger partial charge in [-0.2, -0.15) is 4.98 Å². The quantitative estimate of drug-likeness (QED) is 0.659. The Labute approximate surface area is 158 Å². The third-order valence-electron chi connectivity index (χ3n) is 3.82. The van der Waals surface area contributed by atoms with Gasteiger partial charge < -0.3 is 9.15 Å². The van der Waals surface area contributed by atoms with Crippen molar-refractivity contribution >= 4 is 32.5 Å². The number of nitrogens with one attached hydrogen (secondary N) is 1. The van der Waals surface area contributed by atoms with Crippen molar-refractivity contribution in [2.45, 2.75) is 18.2 Å². The fourth-order valence-electron chi connectivity index (χ4n) is 2.48. The minimum absolute atomic E-state index is 0.106. The average Bonchev–Trinajstić information content (AvgIpc) is 2.60. The summed E-state index contributed by atoms with van der Waals surface area (Å²) in [6.07, 6.45) is 0.451. The lowest BCUT2D eigenvalue weighted by atomic mass is 10.1. The van der Waals surface area contributed by atoms with E-state index in [1.807, 2.05) is 0 Å². The van der Waals surface area contributed by atoms with Crippen LogP contribution >= 0.6 is 11.6 Å². The smallest absolute Gasteiger partial charge is 0.337 e. The molecular weight excluding hydrogens is 396 g/mol. The van der Waals surface area contributed by atoms with Gasteiger partial charge in [0.05, 0.1) is 10.6 Å². The number of hydrogen-bond donors (Lipinski definition) is 1. The van der Waals surface area contributed by atoms with Crippen molar-refractivity contribution in [3.05, 3.63) is 61.7 Å². The highest BCUT2D eigenvalue weighted by Gasteiger charge is 2.16. The number of H-pyrrole nitrogens is 1. The molecule has 0 aliphatic carbocycles. The molecular formula is C17H15ClN2O6S.